The third-order valence-electron chi connectivity index (χ3n) is 5.73. The van der Waals surface area contributed by atoms with E-state index in [4.69, 9.17) is 21.4 Å². The van der Waals surface area contributed by atoms with Crippen LogP contribution >= 0.6 is 11.6 Å². The number of ether oxygens (including phenoxy) is 1. The van der Waals surface area contributed by atoms with Crippen molar-refractivity contribution in [3.8, 4) is 11.4 Å². The van der Waals surface area contributed by atoms with Crippen LogP contribution < -0.4 is 4.74 Å². The fraction of sp³-hybridized carbons (Fsp3) is 0.208. The van der Waals surface area contributed by atoms with Gasteiger partial charge in [-0.25, -0.2) is 19.2 Å². The first kappa shape index (κ1) is 21.4. The number of aromatic nitrogens is 3. The molecule has 0 aliphatic carbocycles. The number of carbonyl (C=O) groups is 1. The van der Waals surface area contributed by atoms with Gasteiger partial charge in [0.15, 0.2) is 0 Å². The molecule has 0 bridgehead atoms. The van der Waals surface area contributed by atoms with Crippen LogP contribution in [0.3, 0.4) is 0 Å². The fourth-order valence-corrected chi connectivity index (χ4v) is 4.39. The zero-order chi connectivity index (χ0) is 23.1. The number of carboxylic acid groups (broad SMARTS) is 1. The molecule has 0 spiro atoms. The summed E-state index contributed by atoms with van der Waals surface area (Å²) < 4.78 is 22.4. The zero-order valence-electron chi connectivity index (χ0n) is 17.8. The normalized spacial score (nSPS) is 14.0. The van der Waals surface area contributed by atoms with E-state index in [9.17, 15) is 9.18 Å². The SMILES string of the molecule is Cc1ccc2c(ccn2-c2cc(Cl)c3c(c2)CN(Cc2cnc(C(=O)O)nc2)CCO3)c1F. The predicted molar refractivity (Wildman–Crippen MR) is 122 cm³/mol. The number of nitrogens with zero attached hydrogens (tertiary/aromatic N) is 4. The largest absolute Gasteiger partial charge is 0.490 e. The first-order valence-corrected chi connectivity index (χ1v) is 10.8. The quantitative estimate of drug-likeness (QED) is 0.473. The summed E-state index contributed by atoms with van der Waals surface area (Å²) >= 11 is 6.59. The van der Waals surface area contributed by atoms with Gasteiger partial charge in [-0.05, 0) is 36.8 Å². The first-order valence-electron chi connectivity index (χ1n) is 10.4. The Morgan fingerprint density at radius 2 is 2.03 bits per heavy atom. The van der Waals surface area contributed by atoms with Crippen LogP contribution in [0.15, 0.2) is 48.9 Å². The van der Waals surface area contributed by atoms with Crippen LogP contribution in [0.4, 0.5) is 4.39 Å². The molecule has 3 heterocycles. The molecule has 0 saturated heterocycles. The summed E-state index contributed by atoms with van der Waals surface area (Å²) in [7, 11) is 0. The van der Waals surface area contributed by atoms with Crippen LogP contribution in [-0.2, 0) is 13.1 Å². The van der Waals surface area contributed by atoms with Crippen LogP contribution in [0.5, 0.6) is 5.75 Å². The van der Waals surface area contributed by atoms with E-state index in [1.165, 1.54) is 12.4 Å². The molecule has 5 rings (SSSR count). The molecule has 0 unspecified atom stereocenters. The molecule has 2 aromatic heterocycles. The number of aryl methyl sites for hydroxylation is 1. The Bertz CT molecular complexity index is 1370. The molecule has 7 nitrogen and oxygen atoms in total. The monoisotopic (exact) mass is 466 g/mol. The summed E-state index contributed by atoms with van der Waals surface area (Å²) in [4.78, 5) is 20.9. The van der Waals surface area contributed by atoms with E-state index in [1.54, 1.807) is 19.1 Å². The number of carboxylic acids is 1. The topological polar surface area (TPSA) is 80.5 Å². The minimum Gasteiger partial charge on any atom is -0.490 e. The Labute approximate surface area is 194 Å². The lowest BCUT2D eigenvalue weighted by molar-refractivity contribution is 0.0683. The van der Waals surface area contributed by atoms with Gasteiger partial charge in [-0.15, -0.1) is 0 Å². The van der Waals surface area contributed by atoms with Crippen LogP contribution in [0.1, 0.15) is 27.3 Å². The number of hydrogen-bond acceptors (Lipinski definition) is 5. The number of halogens is 2. The molecule has 1 aliphatic heterocycles. The van der Waals surface area contributed by atoms with Gasteiger partial charge in [-0.3, -0.25) is 4.90 Å². The Kier molecular flexibility index (Phi) is 5.47. The molecule has 1 aliphatic rings. The maximum atomic E-state index is 14.6. The van der Waals surface area contributed by atoms with Crippen molar-refractivity contribution >= 4 is 28.5 Å². The second-order valence-electron chi connectivity index (χ2n) is 8.01. The average molecular weight is 467 g/mol. The van der Waals surface area contributed by atoms with E-state index < -0.39 is 5.97 Å². The third kappa shape index (κ3) is 4.03. The highest BCUT2D eigenvalue weighted by molar-refractivity contribution is 6.32. The Morgan fingerprint density at radius 3 is 2.79 bits per heavy atom. The van der Waals surface area contributed by atoms with Gasteiger partial charge in [0.05, 0.1) is 10.5 Å². The minimum atomic E-state index is -1.16. The highest BCUT2D eigenvalue weighted by atomic mass is 35.5. The smallest absolute Gasteiger partial charge is 0.373 e. The molecule has 4 aromatic rings. The summed E-state index contributed by atoms with van der Waals surface area (Å²) in [5.41, 5.74) is 3.89. The van der Waals surface area contributed by atoms with Gasteiger partial charge in [0, 0.05) is 60.4 Å². The average Bonchev–Trinajstić information content (AvgIpc) is 3.12. The maximum absolute atomic E-state index is 14.6. The Morgan fingerprint density at radius 1 is 1.24 bits per heavy atom. The standard InChI is InChI=1S/C24H20ClFN4O3/c1-14-2-3-20-18(21(14)26)4-5-30(20)17-8-16-13-29(6-7-33-22(16)19(25)9-17)12-15-10-27-23(24(31)32)28-11-15/h2-5,8-11H,6-7,12-13H2,1H3,(H,31,32). The molecule has 0 fully saturated rings. The summed E-state index contributed by atoms with van der Waals surface area (Å²) in [5.74, 6) is -0.977. The lowest BCUT2D eigenvalue weighted by atomic mass is 10.1. The van der Waals surface area contributed by atoms with Crippen molar-refractivity contribution in [1.29, 1.82) is 0 Å². The molecule has 168 valence electrons. The van der Waals surface area contributed by atoms with E-state index in [0.29, 0.717) is 48.0 Å². The molecule has 1 N–H and O–H groups in total. The van der Waals surface area contributed by atoms with Crippen molar-refractivity contribution in [2.24, 2.45) is 0 Å². The summed E-state index contributed by atoms with van der Waals surface area (Å²) in [6.07, 6.45) is 4.88. The van der Waals surface area contributed by atoms with E-state index in [1.807, 2.05) is 29.0 Å². The van der Waals surface area contributed by atoms with Gasteiger partial charge < -0.3 is 14.4 Å². The van der Waals surface area contributed by atoms with Gasteiger partial charge in [-0.1, -0.05) is 17.7 Å². The van der Waals surface area contributed by atoms with E-state index in [-0.39, 0.29) is 11.6 Å². The van der Waals surface area contributed by atoms with Gasteiger partial charge in [-0.2, -0.15) is 0 Å². The Hall–Kier alpha value is -3.49. The Balaban J connectivity index is 1.47. The molecule has 9 heteroatoms. The summed E-state index contributed by atoms with van der Waals surface area (Å²) in [6.45, 7) is 3.95. The van der Waals surface area contributed by atoms with E-state index in [0.717, 1.165) is 22.3 Å². The van der Waals surface area contributed by atoms with Crippen molar-refractivity contribution in [3.05, 3.63) is 82.3 Å². The maximum Gasteiger partial charge on any atom is 0.373 e. The number of aromatic carboxylic acids is 1. The molecule has 0 saturated carbocycles. The van der Waals surface area contributed by atoms with Crippen molar-refractivity contribution < 1.29 is 19.0 Å². The van der Waals surface area contributed by atoms with Crippen LogP contribution in [0.25, 0.3) is 16.6 Å². The zero-order valence-corrected chi connectivity index (χ0v) is 18.5. The molecule has 0 radical (unpaired) electrons. The van der Waals surface area contributed by atoms with Gasteiger partial charge >= 0.3 is 5.97 Å². The summed E-state index contributed by atoms with van der Waals surface area (Å²) in [5, 5.41) is 10.0. The molecule has 33 heavy (non-hydrogen) atoms. The number of hydrogen-bond donors (Lipinski definition) is 1. The number of fused-ring (bicyclic) bond motifs is 2. The highest BCUT2D eigenvalue weighted by Gasteiger charge is 2.21. The second-order valence-corrected chi connectivity index (χ2v) is 8.42. The third-order valence-corrected chi connectivity index (χ3v) is 6.01. The van der Waals surface area contributed by atoms with E-state index >= 15 is 0 Å². The predicted octanol–water partition coefficient (Wildman–Crippen LogP) is 4.61. The molecule has 0 atom stereocenters. The molecular formula is C24H20ClFN4O3. The molecule has 0 amide bonds. The lowest BCUT2D eigenvalue weighted by Crippen LogP contribution is -2.25. The lowest BCUT2D eigenvalue weighted by Gasteiger charge is -2.19. The van der Waals surface area contributed by atoms with Crippen LogP contribution in [0.2, 0.25) is 5.02 Å². The molecule has 2 aromatic carbocycles. The number of benzene rings is 2. The van der Waals surface area contributed by atoms with E-state index in [2.05, 4.69) is 14.9 Å². The summed E-state index contributed by atoms with van der Waals surface area (Å²) in [6, 6.07) is 9.26. The first-order chi connectivity index (χ1) is 15.9. The van der Waals surface area contributed by atoms with Gasteiger partial charge in [0.2, 0.25) is 5.82 Å². The van der Waals surface area contributed by atoms with Crippen molar-refractivity contribution in [1.82, 2.24) is 19.4 Å². The highest BCUT2D eigenvalue weighted by Crippen LogP contribution is 2.36. The van der Waals surface area contributed by atoms with Gasteiger partial charge in [0.1, 0.15) is 18.2 Å². The second kappa shape index (κ2) is 8.46. The number of rotatable bonds is 4. The van der Waals surface area contributed by atoms with Crippen LogP contribution in [-0.4, -0.2) is 43.7 Å². The fourth-order valence-electron chi connectivity index (χ4n) is 4.10. The van der Waals surface area contributed by atoms with Gasteiger partial charge in [0.25, 0.3) is 0 Å². The van der Waals surface area contributed by atoms with Crippen molar-refractivity contribution in [2.45, 2.75) is 20.0 Å². The van der Waals surface area contributed by atoms with Crippen molar-refractivity contribution in [3.63, 3.8) is 0 Å². The van der Waals surface area contributed by atoms with Crippen LogP contribution in [0, 0.1) is 12.7 Å². The minimum absolute atomic E-state index is 0.224. The molecular weight excluding hydrogens is 447 g/mol. The van der Waals surface area contributed by atoms with Crippen molar-refractivity contribution in [2.75, 3.05) is 13.2 Å².